The molecular formula is C19H14Cl2N2O2S. The zero-order chi connectivity index (χ0) is 18.1. The minimum atomic E-state index is 0.407. The lowest BCUT2D eigenvalue weighted by atomic mass is 10.1. The van der Waals surface area contributed by atoms with Crippen molar-refractivity contribution >= 4 is 40.6 Å². The third-order valence-electron chi connectivity index (χ3n) is 3.80. The largest absolute Gasteiger partial charge is 0.476 e. The second kappa shape index (κ2) is 7.27. The zero-order valence-electron chi connectivity index (χ0n) is 13.8. The molecule has 0 atom stereocenters. The van der Waals surface area contributed by atoms with Gasteiger partial charge in [-0.25, -0.2) is 4.99 Å². The van der Waals surface area contributed by atoms with Crippen LogP contribution in [-0.4, -0.2) is 23.4 Å². The molecular weight excluding hydrogens is 391 g/mol. The van der Waals surface area contributed by atoms with Crippen molar-refractivity contribution < 1.29 is 9.47 Å². The molecule has 0 amide bonds. The summed E-state index contributed by atoms with van der Waals surface area (Å²) in [4.78, 5) is 5.36. The number of aliphatic imine (C=N–C) groups is 1. The van der Waals surface area contributed by atoms with Crippen LogP contribution < -0.4 is 4.74 Å². The van der Waals surface area contributed by atoms with E-state index in [4.69, 9.17) is 32.7 Å². The highest BCUT2D eigenvalue weighted by molar-refractivity contribution is 7.09. The SMILES string of the molecule is Cc1cc(-c2cccc(Oc3c(Cl)cc(C4=NCCO4)cc3Cl)c2)sn1. The Bertz CT molecular complexity index is 978. The van der Waals surface area contributed by atoms with Gasteiger partial charge in [-0.05, 0) is 54.4 Å². The summed E-state index contributed by atoms with van der Waals surface area (Å²) in [7, 11) is 0. The van der Waals surface area contributed by atoms with Gasteiger partial charge in [0.15, 0.2) is 5.75 Å². The van der Waals surface area contributed by atoms with Gasteiger partial charge in [0.1, 0.15) is 12.4 Å². The van der Waals surface area contributed by atoms with E-state index < -0.39 is 0 Å². The van der Waals surface area contributed by atoms with Crippen molar-refractivity contribution in [3.8, 4) is 21.9 Å². The van der Waals surface area contributed by atoms with Gasteiger partial charge in [-0.1, -0.05) is 35.3 Å². The second-order valence-corrected chi connectivity index (χ2v) is 7.39. The van der Waals surface area contributed by atoms with Gasteiger partial charge in [0.2, 0.25) is 5.90 Å². The van der Waals surface area contributed by atoms with Gasteiger partial charge >= 0.3 is 0 Å². The summed E-state index contributed by atoms with van der Waals surface area (Å²) in [5.41, 5.74) is 2.78. The first-order valence-corrected chi connectivity index (χ1v) is 9.51. The van der Waals surface area contributed by atoms with Gasteiger partial charge < -0.3 is 9.47 Å². The highest BCUT2D eigenvalue weighted by Gasteiger charge is 2.17. The first-order chi connectivity index (χ1) is 12.6. The number of aryl methyl sites for hydroxylation is 1. The van der Waals surface area contributed by atoms with Crippen LogP contribution in [0.1, 0.15) is 11.3 Å². The minimum Gasteiger partial charge on any atom is -0.476 e. The molecule has 0 unspecified atom stereocenters. The number of benzene rings is 2. The number of nitrogens with zero attached hydrogens (tertiary/aromatic N) is 2. The quantitative estimate of drug-likeness (QED) is 0.535. The summed E-state index contributed by atoms with van der Waals surface area (Å²) in [5.74, 6) is 1.62. The fraction of sp³-hybridized carbons (Fsp3) is 0.158. The third kappa shape index (κ3) is 3.56. The smallest absolute Gasteiger partial charge is 0.216 e. The molecule has 0 bridgehead atoms. The van der Waals surface area contributed by atoms with Crippen molar-refractivity contribution in [2.45, 2.75) is 6.92 Å². The molecule has 0 aliphatic carbocycles. The van der Waals surface area contributed by atoms with Crippen LogP contribution in [0.2, 0.25) is 10.0 Å². The van der Waals surface area contributed by atoms with Crippen LogP contribution in [0.25, 0.3) is 10.4 Å². The van der Waals surface area contributed by atoms with Gasteiger partial charge in [-0.3, -0.25) is 0 Å². The molecule has 3 aromatic rings. The fourth-order valence-electron chi connectivity index (χ4n) is 2.62. The number of aromatic nitrogens is 1. The molecule has 7 heteroatoms. The summed E-state index contributed by atoms with van der Waals surface area (Å²) in [5, 5.41) is 0.814. The van der Waals surface area contributed by atoms with E-state index in [0.29, 0.717) is 40.6 Å². The van der Waals surface area contributed by atoms with Crippen molar-refractivity contribution in [1.29, 1.82) is 0 Å². The van der Waals surface area contributed by atoms with E-state index in [1.165, 1.54) is 11.5 Å². The Hall–Kier alpha value is -2.08. The van der Waals surface area contributed by atoms with Crippen LogP contribution >= 0.6 is 34.7 Å². The molecule has 0 saturated heterocycles. The Morgan fingerprint density at radius 2 is 1.88 bits per heavy atom. The summed E-state index contributed by atoms with van der Waals surface area (Å²) >= 11 is 14.2. The normalized spacial score (nSPS) is 13.4. The summed E-state index contributed by atoms with van der Waals surface area (Å²) in [6.07, 6.45) is 0. The maximum absolute atomic E-state index is 6.40. The average molecular weight is 405 g/mol. The molecule has 0 fully saturated rings. The topological polar surface area (TPSA) is 43.7 Å². The fourth-order valence-corrected chi connectivity index (χ4v) is 3.94. The predicted molar refractivity (Wildman–Crippen MR) is 106 cm³/mol. The van der Waals surface area contributed by atoms with Gasteiger partial charge in [0, 0.05) is 5.56 Å². The molecule has 2 heterocycles. The lowest BCUT2D eigenvalue weighted by molar-refractivity contribution is 0.348. The second-order valence-electron chi connectivity index (χ2n) is 5.77. The number of rotatable bonds is 4. The standard InChI is InChI=1S/C19H14Cl2N2O2S/c1-11-7-17(26-23-11)12-3-2-4-14(8-12)25-18-15(20)9-13(10-16(18)21)19-22-5-6-24-19/h2-4,7-10H,5-6H2,1H3. The van der Waals surface area contributed by atoms with Crippen molar-refractivity contribution in [2.24, 2.45) is 4.99 Å². The van der Waals surface area contributed by atoms with Gasteiger partial charge in [-0.15, -0.1) is 0 Å². The Kier molecular flexibility index (Phi) is 4.85. The molecule has 1 aliphatic heterocycles. The van der Waals surface area contributed by atoms with Gasteiger partial charge in [-0.2, -0.15) is 4.37 Å². The molecule has 26 heavy (non-hydrogen) atoms. The molecule has 0 saturated carbocycles. The molecule has 132 valence electrons. The lowest BCUT2D eigenvalue weighted by Crippen LogP contribution is -2.01. The molecule has 2 aromatic carbocycles. The van der Waals surface area contributed by atoms with Crippen molar-refractivity contribution in [3.63, 3.8) is 0 Å². The molecule has 4 rings (SSSR count). The number of hydrogen-bond acceptors (Lipinski definition) is 5. The maximum atomic E-state index is 6.40. The van der Waals surface area contributed by atoms with Crippen LogP contribution in [0, 0.1) is 6.92 Å². The van der Waals surface area contributed by atoms with Crippen molar-refractivity contribution in [2.75, 3.05) is 13.2 Å². The van der Waals surface area contributed by atoms with Crippen molar-refractivity contribution in [1.82, 2.24) is 4.37 Å². The Balaban J connectivity index is 1.63. The number of halogens is 2. The lowest BCUT2D eigenvalue weighted by Gasteiger charge is -2.12. The minimum absolute atomic E-state index is 0.407. The van der Waals surface area contributed by atoms with E-state index in [9.17, 15) is 0 Å². The molecule has 0 spiro atoms. The summed E-state index contributed by atoms with van der Waals surface area (Å²) in [6, 6.07) is 13.3. The molecule has 0 radical (unpaired) electrons. The Labute approximate surface area is 165 Å². The predicted octanol–water partition coefficient (Wildman–Crippen LogP) is 5.99. The van der Waals surface area contributed by atoms with E-state index in [-0.39, 0.29) is 0 Å². The number of hydrogen-bond donors (Lipinski definition) is 0. The average Bonchev–Trinajstić information content (AvgIpc) is 3.30. The van der Waals surface area contributed by atoms with Crippen LogP contribution in [-0.2, 0) is 4.74 Å². The first-order valence-electron chi connectivity index (χ1n) is 7.98. The Morgan fingerprint density at radius 3 is 2.54 bits per heavy atom. The Morgan fingerprint density at radius 1 is 1.08 bits per heavy atom. The van der Waals surface area contributed by atoms with E-state index in [1.807, 2.05) is 37.3 Å². The summed E-state index contributed by atoms with van der Waals surface area (Å²) < 4.78 is 15.7. The van der Waals surface area contributed by atoms with Gasteiger partial charge in [0.25, 0.3) is 0 Å². The highest BCUT2D eigenvalue weighted by Crippen LogP contribution is 2.39. The van der Waals surface area contributed by atoms with Crippen LogP contribution in [0.15, 0.2) is 47.5 Å². The maximum Gasteiger partial charge on any atom is 0.216 e. The van der Waals surface area contributed by atoms with E-state index >= 15 is 0 Å². The third-order valence-corrected chi connectivity index (χ3v) is 5.29. The van der Waals surface area contributed by atoms with Crippen molar-refractivity contribution in [3.05, 3.63) is 63.8 Å². The number of ether oxygens (including phenoxy) is 2. The van der Waals surface area contributed by atoms with E-state index in [2.05, 4.69) is 9.37 Å². The molecule has 1 aliphatic rings. The van der Waals surface area contributed by atoms with E-state index in [1.54, 1.807) is 12.1 Å². The molecule has 4 nitrogen and oxygen atoms in total. The van der Waals surface area contributed by atoms with Crippen LogP contribution in [0.4, 0.5) is 0 Å². The van der Waals surface area contributed by atoms with Crippen LogP contribution in [0.5, 0.6) is 11.5 Å². The molecule has 0 N–H and O–H groups in total. The van der Waals surface area contributed by atoms with Gasteiger partial charge in [0.05, 0.1) is 27.2 Å². The zero-order valence-corrected chi connectivity index (χ0v) is 16.2. The van der Waals surface area contributed by atoms with E-state index in [0.717, 1.165) is 21.7 Å². The summed E-state index contributed by atoms with van der Waals surface area (Å²) in [6.45, 7) is 3.19. The first kappa shape index (κ1) is 17.3. The highest BCUT2D eigenvalue weighted by atomic mass is 35.5. The monoisotopic (exact) mass is 404 g/mol. The van der Waals surface area contributed by atoms with Crippen LogP contribution in [0.3, 0.4) is 0 Å². The molecule has 1 aromatic heterocycles.